The molecule has 176 valence electrons. The first-order valence-electron chi connectivity index (χ1n) is 12.2. The molecule has 4 rings (SSSR count). The van der Waals surface area contributed by atoms with Crippen molar-refractivity contribution in [2.75, 3.05) is 38.0 Å². The van der Waals surface area contributed by atoms with E-state index < -0.39 is 0 Å². The molecular weight excluding hydrogens is 407 g/mol. The van der Waals surface area contributed by atoms with E-state index in [9.17, 15) is 14.0 Å². The van der Waals surface area contributed by atoms with Crippen LogP contribution < -0.4 is 10.6 Å². The summed E-state index contributed by atoms with van der Waals surface area (Å²) in [6.45, 7) is 8.80. The molecule has 7 heteroatoms. The minimum absolute atomic E-state index is 0.0500. The summed E-state index contributed by atoms with van der Waals surface area (Å²) in [6, 6.07) is 3.15. The highest BCUT2D eigenvalue weighted by atomic mass is 19.1. The summed E-state index contributed by atoms with van der Waals surface area (Å²) in [5.74, 6) is 0.505. The van der Waals surface area contributed by atoms with Crippen LogP contribution in [0.5, 0.6) is 0 Å². The number of hydrogen-bond acceptors (Lipinski definition) is 4. The van der Waals surface area contributed by atoms with Crippen LogP contribution in [0.15, 0.2) is 12.1 Å². The van der Waals surface area contributed by atoms with E-state index in [0.29, 0.717) is 30.5 Å². The Hall–Kier alpha value is -1.99. The van der Waals surface area contributed by atoms with Gasteiger partial charge in [-0.15, -0.1) is 0 Å². The molecule has 1 saturated carbocycles. The fourth-order valence-electron chi connectivity index (χ4n) is 5.53. The quantitative estimate of drug-likeness (QED) is 0.707. The fourth-order valence-corrected chi connectivity index (χ4v) is 5.53. The zero-order valence-corrected chi connectivity index (χ0v) is 19.5. The first-order chi connectivity index (χ1) is 15.4. The first kappa shape index (κ1) is 23.2. The minimum Gasteiger partial charge on any atom is -0.337 e. The summed E-state index contributed by atoms with van der Waals surface area (Å²) < 4.78 is 14.4. The van der Waals surface area contributed by atoms with Crippen LogP contribution in [0.4, 0.5) is 10.1 Å². The molecule has 2 N–H and O–H groups in total. The number of halogens is 1. The van der Waals surface area contributed by atoms with Crippen LogP contribution in [0, 0.1) is 24.6 Å². The second kappa shape index (κ2) is 10.3. The average Bonchev–Trinajstić information content (AvgIpc) is 3.45. The van der Waals surface area contributed by atoms with Crippen LogP contribution >= 0.6 is 0 Å². The van der Waals surface area contributed by atoms with Gasteiger partial charge in [-0.25, -0.2) is 4.39 Å². The summed E-state index contributed by atoms with van der Waals surface area (Å²) in [5.41, 5.74) is 2.38. The number of carbonyl (C=O) groups excluding carboxylic acids is 2. The van der Waals surface area contributed by atoms with Crippen molar-refractivity contribution in [1.82, 2.24) is 15.1 Å². The molecule has 2 aliphatic heterocycles. The molecular formula is C25H37FN4O2. The van der Waals surface area contributed by atoms with Crippen molar-refractivity contribution < 1.29 is 14.0 Å². The van der Waals surface area contributed by atoms with Crippen molar-refractivity contribution in [1.29, 1.82) is 0 Å². The van der Waals surface area contributed by atoms with Crippen molar-refractivity contribution in [2.24, 2.45) is 11.8 Å². The number of nitrogens with zero attached hydrogens (tertiary/aromatic N) is 2. The molecule has 2 saturated heterocycles. The van der Waals surface area contributed by atoms with Gasteiger partial charge in [0.05, 0.1) is 0 Å². The van der Waals surface area contributed by atoms with Gasteiger partial charge in [0, 0.05) is 50.2 Å². The fraction of sp³-hybridized carbons (Fsp3) is 0.680. The van der Waals surface area contributed by atoms with Crippen molar-refractivity contribution >= 4 is 17.5 Å². The number of carbonyl (C=O) groups is 2. The molecule has 0 bridgehead atoms. The number of nitrogens with one attached hydrogen (secondary N) is 2. The smallest absolute Gasteiger partial charge is 0.226 e. The van der Waals surface area contributed by atoms with E-state index >= 15 is 0 Å². The molecule has 6 nitrogen and oxygen atoms in total. The largest absolute Gasteiger partial charge is 0.337 e. The number of amides is 2. The lowest BCUT2D eigenvalue weighted by Crippen LogP contribution is -2.54. The predicted octanol–water partition coefficient (Wildman–Crippen LogP) is 3.30. The number of hydrogen-bond donors (Lipinski definition) is 2. The maximum Gasteiger partial charge on any atom is 0.226 e. The van der Waals surface area contributed by atoms with Crippen molar-refractivity contribution in [3.63, 3.8) is 0 Å². The van der Waals surface area contributed by atoms with Gasteiger partial charge in [-0.1, -0.05) is 12.8 Å². The minimum atomic E-state index is -0.327. The zero-order chi connectivity index (χ0) is 22.7. The van der Waals surface area contributed by atoms with Gasteiger partial charge < -0.3 is 15.5 Å². The highest BCUT2D eigenvalue weighted by Gasteiger charge is 2.33. The molecule has 32 heavy (non-hydrogen) atoms. The van der Waals surface area contributed by atoms with Gasteiger partial charge in [0.1, 0.15) is 5.82 Å². The Morgan fingerprint density at radius 2 is 1.97 bits per heavy atom. The molecule has 1 aromatic rings. The van der Waals surface area contributed by atoms with E-state index in [0.717, 1.165) is 63.1 Å². The van der Waals surface area contributed by atoms with Gasteiger partial charge in [0.25, 0.3) is 0 Å². The Bertz CT molecular complexity index is 833. The van der Waals surface area contributed by atoms with Crippen LogP contribution in [0.25, 0.3) is 0 Å². The summed E-state index contributed by atoms with van der Waals surface area (Å²) in [7, 11) is 0. The van der Waals surface area contributed by atoms with Gasteiger partial charge in [0.15, 0.2) is 0 Å². The Labute approximate surface area is 190 Å². The first-order valence-corrected chi connectivity index (χ1v) is 12.2. The number of piperazine rings is 1. The van der Waals surface area contributed by atoms with Crippen LogP contribution in [-0.2, 0) is 16.1 Å². The van der Waals surface area contributed by atoms with Crippen molar-refractivity contribution in [3.05, 3.63) is 29.1 Å². The summed E-state index contributed by atoms with van der Waals surface area (Å²) in [4.78, 5) is 29.7. The third-order valence-corrected chi connectivity index (χ3v) is 7.48. The Morgan fingerprint density at radius 3 is 2.66 bits per heavy atom. The zero-order valence-electron chi connectivity index (χ0n) is 19.5. The lowest BCUT2D eigenvalue weighted by atomic mass is 10.0. The van der Waals surface area contributed by atoms with E-state index in [4.69, 9.17) is 0 Å². The maximum atomic E-state index is 14.4. The maximum absolute atomic E-state index is 14.4. The summed E-state index contributed by atoms with van der Waals surface area (Å²) >= 11 is 0. The number of anilines is 1. The SMILES string of the molecule is Cc1c(CN2CCN(C(=O)C3CCCC3)C(C)C2)cc(F)cc1NC(=O)CC1CCNC1. The van der Waals surface area contributed by atoms with Crippen molar-refractivity contribution in [2.45, 2.75) is 65.0 Å². The lowest BCUT2D eigenvalue weighted by Gasteiger charge is -2.41. The Morgan fingerprint density at radius 1 is 1.19 bits per heavy atom. The van der Waals surface area contributed by atoms with Gasteiger partial charge in [-0.3, -0.25) is 14.5 Å². The van der Waals surface area contributed by atoms with E-state index in [1.54, 1.807) is 6.07 Å². The van der Waals surface area contributed by atoms with Gasteiger partial charge in [0.2, 0.25) is 11.8 Å². The van der Waals surface area contributed by atoms with Gasteiger partial charge in [-0.05, 0) is 75.4 Å². The van der Waals surface area contributed by atoms with E-state index in [-0.39, 0.29) is 23.7 Å². The standard InChI is InChI=1S/C25H37FN4O2/c1-17-15-29(9-10-30(17)25(32)20-5-3-4-6-20)16-21-12-22(26)13-23(18(21)2)28-24(31)11-19-7-8-27-14-19/h12-13,17,19-20,27H,3-11,14-16H2,1-2H3,(H,28,31). The molecule has 1 aromatic carbocycles. The molecule has 2 heterocycles. The normalized spacial score (nSPS) is 24.8. The predicted molar refractivity (Wildman–Crippen MR) is 124 cm³/mol. The summed E-state index contributed by atoms with van der Waals surface area (Å²) in [6.07, 6.45) is 5.86. The van der Waals surface area contributed by atoms with Crippen LogP contribution in [0.1, 0.15) is 56.6 Å². The highest BCUT2D eigenvalue weighted by Crippen LogP contribution is 2.29. The third-order valence-electron chi connectivity index (χ3n) is 7.48. The van der Waals surface area contributed by atoms with Crippen LogP contribution in [-0.4, -0.2) is 60.4 Å². The van der Waals surface area contributed by atoms with Crippen LogP contribution in [0.3, 0.4) is 0 Å². The van der Waals surface area contributed by atoms with Crippen LogP contribution in [0.2, 0.25) is 0 Å². The molecule has 2 atom stereocenters. The molecule has 2 amide bonds. The molecule has 3 fully saturated rings. The average molecular weight is 445 g/mol. The Kier molecular flexibility index (Phi) is 7.46. The molecule has 3 aliphatic rings. The van der Waals surface area contributed by atoms with Crippen molar-refractivity contribution in [3.8, 4) is 0 Å². The molecule has 2 unspecified atom stereocenters. The molecule has 0 radical (unpaired) electrons. The number of rotatable bonds is 6. The van der Waals surface area contributed by atoms with Gasteiger partial charge in [-0.2, -0.15) is 0 Å². The number of benzene rings is 1. The van der Waals surface area contributed by atoms with E-state index in [1.165, 1.54) is 18.9 Å². The summed E-state index contributed by atoms with van der Waals surface area (Å²) in [5, 5.41) is 6.22. The molecule has 0 spiro atoms. The third kappa shape index (κ3) is 5.49. The second-order valence-electron chi connectivity index (χ2n) is 9.95. The molecule has 1 aliphatic carbocycles. The monoisotopic (exact) mass is 444 g/mol. The second-order valence-corrected chi connectivity index (χ2v) is 9.95. The van der Waals surface area contributed by atoms with E-state index in [1.807, 2.05) is 6.92 Å². The lowest BCUT2D eigenvalue weighted by molar-refractivity contribution is -0.140. The van der Waals surface area contributed by atoms with E-state index in [2.05, 4.69) is 27.4 Å². The highest BCUT2D eigenvalue weighted by molar-refractivity contribution is 5.91. The topological polar surface area (TPSA) is 64.7 Å². The van der Waals surface area contributed by atoms with Gasteiger partial charge >= 0.3 is 0 Å². The Balaban J connectivity index is 1.36. The molecule has 0 aromatic heterocycles.